The number of halogens is 3. The van der Waals surface area contributed by atoms with Gasteiger partial charge >= 0.3 is 6.18 Å². The maximum atomic E-state index is 13.0. The van der Waals surface area contributed by atoms with Crippen LogP contribution in [0.1, 0.15) is 27.9 Å². The molecule has 210 valence electrons. The SMILES string of the molecule is O=C(CCc1ccccc1)Nc1cccc(NCC(=O)Nc2cccc(C(=O)Nc3cccc(C(F)(F)F)c3)c2)c1. The summed E-state index contributed by atoms with van der Waals surface area (Å²) in [6.45, 7) is -0.0912. The smallest absolute Gasteiger partial charge is 0.376 e. The highest BCUT2D eigenvalue weighted by Gasteiger charge is 2.30. The molecule has 4 aromatic carbocycles. The Morgan fingerprint density at radius 3 is 1.95 bits per heavy atom. The summed E-state index contributed by atoms with van der Waals surface area (Å²) in [7, 11) is 0. The van der Waals surface area contributed by atoms with E-state index in [-0.39, 0.29) is 23.7 Å². The molecular formula is C31H27F3N4O3. The lowest BCUT2D eigenvalue weighted by atomic mass is 10.1. The van der Waals surface area contributed by atoms with Crippen LogP contribution in [0.3, 0.4) is 0 Å². The van der Waals surface area contributed by atoms with Crippen molar-refractivity contribution in [2.45, 2.75) is 19.0 Å². The number of carbonyl (C=O) groups excluding carboxylic acids is 3. The van der Waals surface area contributed by atoms with Crippen LogP contribution >= 0.6 is 0 Å². The summed E-state index contributed by atoms with van der Waals surface area (Å²) >= 11 is 0. The molecule has 0 aliphatic heterocycles. The van der Waals surface area contributed by atoms with Crippen LogP contribution in [0.4, 0.5) is 35.9 Å². The number of aryl methyl sites for hydroxylation is 1. The Balaban J connectivity index is 1.27. The molecule has 0 unspecified atom stereocenters. The number of alkyl halides is 3. The van der Waals surface area contributed by atoms with Gasteiger partial charge in [-0.1, -0.05) is 48.5 Å². The maximum Gasteiger partial charge on any atom is 0.416 e. The second kappa shape index (κ2) is 13.3. The minimum atomic E-state index is -4.53. The predicted octanol–water partition coefficient (Wildman–Crippen LogP) is 6.58. The van der Waals surface area contributed by atoms with Gasteiger partial charge in [-0.05, 0) is 66.6 Å². The van der Waals surface area contributed by atoms with E-state index in [1.807, 2.05) is 30.3 Å². The number of amides is 3. The van der Waals surface area contributed by atoms with Gasteiger partial charge in [0.2, 0.25) is 11.8 Å². The van der Waals surface area contributed by atoms with Crippen LogP contribution in [0.25, 0.3) is 0 Å². The summed E-state index contributed by atoms with van der Waals surface area (Å²) in [5.74, 6) is -1.14. The molecule has 4 aromatic rings. The van der Waals surface area contributed by atoms with Crippen LogP contribution in [0, 0.1) is 0 Å². The number of rotatable bonds is 10. The Kier molecular flexibility index (Phi) is 9.36. The number of hydrogen-bond acceptors (Lipinski definition) is 4. The summed E-state index contributed by atoms with van der Waals surface area (Å²) in [6.07, 6.45) is -3.57. The summed E-state index contributed by atoms with van der Waals surface area (Å²) < 4.78 is 38.9. The van der Waals surface area contributed by atoms with Crippen molar-refractivity contribution in [2.75, 3.05) is 27.8 Å². The molecule has 10 heteroatoms. The molecular weight excluding hydrogens is 533 g/mol. The lowest BCUT2D eigenvalue weighted by Crippen LogP contribution is -2.22. The van der Waals surface area contributed by atoms with Crippen LogP contribution in [-0.2, 0) is 22.2 Å². The zero-order chi connectivity index (χ0) is 29.2. The highest BCUT2D eigenvalue weighted by atomic mass is 19.4. The lowest BCUT2D eigenvalue weighted by Gasteiger charge is -2.12. The van der Waals surface area contributed by atoms with E-state index in [2.05, 4.69) is 21.3 Å². The molecule has 7 nitrogen and oxygen atoms in total. The lowest BCUT2D eigenvalue weighted by molar-refractivity contribution is -0.137. The Labute approximate surface area is 234 Å². The van der Waals surface area contributed by atoms with Crippen molar-refractivity contribution < 1.29 is 27.6 Å². The molecule has 0 aromatic heterocycles. The minimum absolute atomic E-state index is 0.00178. The summed E-state index contributed by atoms with van der Waals surface area (Å²) in [5.41, 5.74) is 1.91. The molecule has 0 fully saturated rings. The first kappa shape index (κ1) is 28.9. The first-order valence-corrected chi connectivity index (χ1v) is 12.7. The van der Waals surface area contributed by atoms with Gasteiger partial charge in [0.05, 0.1) is 12.1 Å². The standard InChI is InChI=1S/C31H27F3N4O3/c32-31(33,34)23-10-5-13-26(18-23)38-30(41)22-9-4-12-25(17-22)37-29(40)20-35-24-11-6-14-27(19-24)36-28(39)16-15-21-7-2-1-3-8-21/h1-14,17-19,35H,15-16,20H2,(H,36,39)(H,37,40)(H,38,41). The van der Waals surface area contributed by atoms with Gasteiger partial charge in [0, 0.05) is 34.7 Å². The van der Waals surface area contributed by atoms with Crippen molar-refractivity contribution in [1.29, 1.82) is 0 Å². The van der Waals surface area contributed by atoms with Crippen LogP contribution in [0.5, 0.6) is 0 Å². The molecule has 0 atom stereocenters. The third kappa shape index (κ3) is 8.96. The second-order valence-electron chi connectivity index (χ2n) is 9.13. The van der Waals surface area contributed by atoms with Gasteiger partial charge in [-0.25, -0.2) is 0 Å². The van der Waals surface area contributed by atoms with Gasteiger partial charge in [-0.3, -0.25) is 14.4 Å². The van der Waals surface area contributed by atoms with Crippen molar-refractivity contribution in [3.05, 3.63) is 120 Å². The summed E-state index contributed by atoms with van der Waals surface area (Å²) in [5, 5.41) is 11.0. The molecule has 41 heavy (non-hydrogen) atoms. The Morgan fingerprint density at radius 2 is 1.22 bits per heavy atom. The van der Waals surface area contributed by atoms with E-state index in [1.165, 1.54) is 24.3 Å². The third-order valence-corrected chi connectivity index (χ3v) is 5.94. The molecule has 0 radical (unpaired) electrons. The number of carbonyl (C=O) groups is 3. The van der Waals surface area contributed by atoms with Gasteiger partial charge in [-0.2, -0.15) is 13.2 Å². The zero-order valence-corrected chi connectivity index (χ0v) is 21.8. The topological polar surface area (TPSA) is 99.3 Å². The zero-order valence-electron chi connectivity index (χ0n) is 21.8. The van der Waals surface area contributed by atoms with E-state index in [0.717, 1.165) is 17.7 Å². The number of hydrogen-bond donors (Lipinski definition) is 4. The second-order valence-corrected chi connectivity index (χ2v) is 9.13. The van der Waals surface area contributed by atoms with Gasteiger partial charge in [0.25, 0.3) is 5.91 Å². The van der Waals surface area contributed by atoms with E-state index in [9.17, 15) is 27.6 Å². The Bertz CT molecular complexity index is 1520. The molecule has 4 N–H and O–H groups in total. The minimum Gasteiger partial charge on any atom is -0.376 e. The van der Waals surface area contributed by atoms with Crippen molar-refractivity contribution in [3.63, 3.8) is 0 Å². The average molecular weight is 561 g/mol. The van der Waals surface area contributed by atoms with Gasteiger partial charge in [0.1, 0.15) is 0 Å². The molecule has 0 saturated carbocycles. The summed E-state index contributed by atoms with van der Waals surface area (Å²) in [4.78, 5) is 37.4. The van der Waals surface area contributed by atoms with Crippen molar-refractivity contribution in [3.8, 4) is 0 Å². The fourth-order valence-corrected chi connectivity index (χ4v) is 3.94. The molecule has 4 rings (SSSR count). The molecule has 0 aliphatic rings. The first-order valence-electron chi connectivity index (χ1n) is 12.7. The third-order valence-electron chi connectivity index (χ3n) is 5.94. The van der Waals surface area contributed by atoms with Crippen LogP contribution in [0.2, 0.25) is 0 Å². The fraction of sp³-hybridized carbons (Fsp3) is 0.129. The molecule has 0 bridgehead atoms. The number of nitrogens with one attached hydrogen (secondary N) is 4. The van der Waals surface area contributed by atoms with Crippen molar-refractivity contribution >= 4 is 40.5 Å². The molecule has 0 aliphatic carbocycles. The fourth-order valence-electron chi connectivity index (χ4n) is 3.94. The normalized spacial score (nSPS) is 10.9. The predicted molar refractivity (Wildman–Crippen MR) is 153 cm³/mol. The van der Waals surface area contributed by atoms with Crippen molar-refractivity contribution in [2.24, 2.45) is 0 Å². The summed E-state index contributed by atoms with van der Waals surface area (Å²) in [6, 6.07) is 27.1. The number of benzene rings is 4. The largest absolute Gasteiger partial charge is 0.416 e. The maximum absolute atomic E-state index is 13.0. The monoisotopic (exact) mass is 560 g/mol. The highest BCUT2D eigenvalue weighted by Crippen LogP contribution is 2.30. The van der Waals surface area contributed by atoms with Crippen molar-refractivity contribution in [1.82, 2.24) is 0 Å². The Hall–Kier alpha value is -5.12. The van der Waals surface area contributed by atoms with E-state index >= 15 is 0 Å². The van der Waals surface area contributed by atoms with Gasteiger partial charge < -0.3 is 21.3 Å². The molecule has 0 heterocycles. The highest BCUT2D eigenvalue weighted by molar-refractivity contribution is 6.05. The number of anilines is 4. The first-order chi connectivity index (χ1) is 19.7. The molecule has 0 spiro atoms. The molecule has 0 saturated heterocycles. The van der Waals surface area contributed by atoms with Crippen LogP contribution < -0.4 is 21.3 Å². The van der Waals surface area contributed by atoms with Gasteiger partial charge in [-0.15, -0.1) is 0 Å². The van der Waals surface area contributed by atoms with E-state index in [1.54, 1.807) is 36.4 Å². The Morgan fingerprint density at radius 1 is 0.610 bits per heavy atom. The average Bonchev–Trinajstić information content (AvgIpc) is 2.96. The quantitative estimate of drug-likeness (QED) is 0.176. The van der Waals surface area contributed by atoms with E-state index in [4.69, 9.17) is 0 Å². The van der Waals surface area contributed by atoms with E-state index in [0.29, 0.717) is 29.9 Å². The van der Waals surface area contributed by atoms with Crippen LogP contribution in [-0.4, -0.2) is 24.3 Å². The van der Waals surface area contributed by atoms with Gasteiger partial charge in [0.15, 0.2) is 0 Å². The van der Waals surface area contributed by atoms with Crippen LogP contribution in [0.15, 0.2) is 103 Å². The molecule has 3 amide bonds. The van der Waals surface area contributed by atoms with E-state index < -0.39 is 23.6 Å².